The largest absolute Gasteiger partial charge is 0.434 e. The van der Waals surface area contributed by atoms with Gasteiger partial charge in [0.1, 0.15) is 11.6 Å². The Morgan fingerprint density at radius 1 is 1.09 bits per heavy atom. The van der Waals surface area contributed by atoms with E-state index in [2.05, 4.69) is 25.5 Å². The first-order valence-corrected chi connectivity index (χ1v) is 9.96. The summed E-state index contributed by atoms with van der Waals surface area (Å²) in [7, 11) is 0. The molecule has 8 nitrogen and oxygen atoms in total. The lowest BCUT2D eigenvalue weighted by atomic mass is 9.95. The van der Waals surface area contributed by atoms with Crippen LogP contribution < -0.4 is 5.32 Å². The maximum Gasteiger partial charge on any atom is 0.434 e. The van der Waals surface area contributed by atoms with Crippen LogP contribution in [0.5, 0.6) is 0 Å². The molecular weight excluding hydrogens is 430 g/mol. The summed E-state index contributed by atoms with van der Waals surface area (Å²) in [5.41, 5.74) is -0.558. The lowest BCUT2D eigenvalue weighted by molar-refractivity contribution is -0.141. The number of carbonyl (C=O) groups excluding carboxylic acids is 1. The number of hydrogen-bond donors (Lipinski definition) is 1. The second-order valence-electron chi connectivity index (χ2n) is 7.76. The number of rotatable bonds is 4. The van der Waals surface area contributed by atoms with Gasteiger partial charge in [0.25, 0.3) is 5.91 Å². The van der Waals surface area contributed by atoms with Crippen molar-refractivity contribution >= 4 is 11.7 Å². The summed E-state index contributed by atoms with van der Waals surface area (Å²) in [6.45, 7) is 0. The van der Waals surface area contributed by atoms with Crippen molar-refractivity contribution in [3.63, 3.8) is 0 Å². The van der Waals surface area contributed by atoms with Crippen molar-refractivity contribution in [1.82, 2.24) is 29.9 Å². The van der Waals surface area contributed by atoms with Crippen molar-refractivity contribution in [1.29, 1.82) is 0 Å². The molecule has 2 aromatic heterocycles. The summed E-state index contributed by atoms with van der Waals surface area (Å²) < 4.78 is 52.1. The predicted molar refractivity (Wildman–Crippen MR) is 103 cm³/mol. The van der Waals surface area contributed by atoms with Crippen molar-refractivity contribution in [3.8, 4) is 5.69 Å². The minimum Gasteiger partial charge on any atom is -0.364 e. The molecular formula is C20H17F4N7O. The molecule has 3 aromatic rings. The molecule has 0 saturated carbocycles. The van der Waals surface area contributed by atoms with Gasteiger partial charge < -0.3 is 10.2 Å². The average Bonchev–Trinajstić information content (AvgIpc) is 3.49. The predicted octanol–water partition coefficient (Wildman–Crippen LogP) is 3.07. The van der Waals surface area contributed by atoms with Crippen molar-refractivity contribution < 1.29 is 22.4 Å². The van der Waals surface area contributed by atoms with Gasteiger partial charge in [0.05, 0.1) is 48.1 Å². The highest BCUT2D eigenvalue weighted by atomic mass is 19.4. The molecule has 166 valence electrons. The van der Waals surface area contributed by atoms with Crippen LogP contribution in [0.2, 0.25) is 0 Å². The fourth-order valence-corrected chi connectivity index (χ4v) is 4.53. The highest BCUT2D eigenvalue weighted by Gasteiger charge is 2.49. The number of fused-ring (bicyclic) bond motifs is 2. The maximum atomic E-state index is 14.0. The lowest BCUT2D eigenvalue weighted by Crippen LogP contribution is -2.40. The number of amides is 1. The van der Waals surface area contributed by atoms with Gasteiger partial charge in [0.15, 0.2) is 5.69 Å². The summed E-state index contributed by atoms with van der Waals surface area (Å²) in [5.74, 6) is -0.687. The Hall–Kier alpha value is -3.57. The van der Waals surface area contributed by atoms with E-state index < -0.39 is 17.7 Å². The molecule has 0 aliphatic carbocycles. The van der Waals surface area contributed by atoms with E-state index in [1.165, 1.54) is 35.4 Å². The van der Waals surface area contributed by atoms with Crippen LogP contribution in [0.15, 0.2) is 43.0 Å². The summed E-state index contributed by atoms with van der Waals surface area (Å²) in [5, 5.41) is 11.2. The number of aromatic nitrogens is 5. The fraction of sp³-hybridized carbons (Fsp3) is 0.350. The zero-order valence-electron chi connectivity index (χ0n) is 16.5. The van der Waals surface area contributed by atoms with Crippen LogP contribution in [0.4, 0.5) is 23.4 Å². The van der Waals surface area contributed by atoms with Crippen LogP contribution in [0.3, 0.4) is 0 Å². The number of nitrogens with one attached hydrogen (secondary N) is 1. The molecule has 5 rings (SSSR count). The van der Waals surface area contributed by atoms with Crippen molar-refractivity contribution in [3.05, 3.63) is 60.1 Å². The molecule has 2 aliphatic heterocycles. The van der Waals surface area contributed by atoms with Crippen LogP contribution in [-0.4, -0.2) is 53.9 Å². The summed E-state index contributed by atoms with van der Waals surface area (Å²) >= 11 is 0. The Morgan fingerprint density at radius 2 is 1.88 bits per heavy atom. The summed E-state index contributed by atoms with van der Waals surface area (Å²) in [4.78, 5) is 23.6. The second-order valence-corrected chi connectivity index (χ2v) is 7.76. The Labute approximate surface area is 179 Å². The Kier molecular flexibility index (Phi) is 4.79. The van der Waals surface area contributed by atoms with E-state index in [-0.39, 0.29) is 35.4 Å². The van der Waals surface area contributed by atoms with Gasteiger partial charge in [0.2, 0.25) is 0 Å². The van der Waals surface area contributed by atoms with Crippen molar-refractivity contribution in [2.24, 2.45) is 0 Å². The molecule has 2 fully saturated rings. The van der Waals surface area contributed by atoms with Crippen molar-refractivity contribution in [2.75, 3.05) is 5.32 Å². The first kappa shape index (κ1) is 20.3. The third-order valence-corrected chi connectivity index (χ3v) is 5.87. The average molecular weight is 447 g/mol. The van der Waals surface area contributed by atoms with E-state index in [1.807, 2.05) is 0 Å². The Balaban J connectivity index is 1.38. The zero-order chi connectivity index (χ0) is 22.5. The SMILES string of the molecule is O=C(c1cc(F)ccc1-n1nccn1)N1[C@@H]2CC[C@H]1[C@H](Nc1cnc(C(F)(F)F)cn1)C2. The molecule has 1 aromatic carbocycles. The molecule has 32 heavy (non-hydrogen) atoms. The smallest absolute Gasteiger partial charge is 0.364 e. The van der Waals surface area contributed by atoms with Gasteiger partial charge in [-0.3, -0.25) is 4.79 Å². The molecule has 0 radical (unpaired) electrons. The van der Waals surface area contributed by atoms with Gasteiger partial charge in [0, 0.05) is 6.04 Å². The molecule has 1 amide bonds. The molecule has 4 heterocycles. The summed E-state index contributed by atoms with van der Waals surface area (Å²) in [6, 6.07) is 3.37. The molecule has 3 atom stereocenters. The zero-order valence-corrected chi connectivity index (χ0v) is 16.5. The molecule has 12 heteroatoms. The Bertz CT molecular complexity index is 1130. The van der Waals surface area contributed by atoms with Gasteiger partial charge >= 0.3 is 6.18 Å². The molecule has 0 unspecified atom stereocenters. The maximum absolute atomic E-state index is 14.0. The third kappa shape index (κ3) is 3.55. The van der Waals surface area contributed by atoms with Gasteiger partial charge in [-0.15, -0.1) is 0 Å². The quantitative estimate of drug-likeness (QED) is 0.619. The molecule has 2 bridgehead atoms. The number of halogens is 4. The highest BCUT2D eigenvalue weighted by molar-refractivity contribution is 5.98. The number of hydrogen-bond acceptors (Lipinski definition) is 6. The first-order valence-electron chi connectivity index (χ1n) is 9.96. The van der Waals surface area contributed by atoms with E-state index in [0.29, 0.717) is 24.7 Å². The minimum absolute atomic E-state index is 0.0749. The topological polar surface area (TPSA) is 88.8 Å². The van der Waals surface area contributed by atoms with Gasteiger partial charge in [-0.05, 0) is 37.5 Å². The van der Waals surface area contributed by atoms with Crippen LogP contribution in [0.25, 0.3) is 5.69 Å². The number of alkyl halides is 3. The van der Waals surface area contributed by atoms with Crippen LogP contribution in [-0.2, 0) is 6.18 Å². The molecule has 0 spiro atoms. The van der Waals surface area contributed by atoms with Gasteiger partial charge in [-0.2, -0.15) is 28.2 Å². The fourth-order valence-electron chi connectivity index (χ4n) is 4.53. The standard InChI is InChI=1S/C20H17F4N7O/c21-11-1-3-15(31-27-5-6-28-31)13(7-11)19(32)30-12-2-4-16(30)14(8-12)29-18-10-25-17(9-26-18)20(22,23)24/h1,3,5-7,9-10,12,14,16H,2,4,8H2,(H,26,29)/t12-,14-,16+/m1/s1. The van der Waals surface area contributed by atoms with E-state index >= 15 is 0 Å². The van der Waals surface area contributed by atoms with E-state index in [9.17, 15) is 22.4 Å². The van der Waals surface area contributed by atoms with E-state index in [0.717, 1.165) is 12.6 Å². The number of carbonyl (C=O) groups is 1. The monoisotopic (exact) mass is 447 g/mol. The highest BCUT2D eigenvalue weighted by Crippen LogP contribution is 2.40. The number of benzene rings is 1. The molecule has 2 aliphatic rings. The first-order chi connectivity index (χ1) is 15.3. The lowest BCUT2D eigenvalue weighted by Gasteiger charge is -2.26. The Morgan fingerprint density at radius 3 is 2.56 bits per heavy atom. The van der Waals surface area contributed by atoms with Crippen LogP contribution in [0.1, 0.15) is 35.3 Å². The van der Waals surface area contributed by atoms with Gasteiger partial charge in [-0.25, -0.2) is 14.4 Å². The minimum atomic E-state index is -4.56. The van der Waals surface area contributed by atoms with Gasteiger partial charge in [-0.1, -0.05) is 0 Å². The molecule has 2 saturated heterocycles. The third-order valence-electron chi connectivity index (χ3n) is 5.87. The van der Waals surface area contributed by atoms with E-state index in [4.69, 9.17) is 0 Å². The van der Waals surface area contributed by atoms with Crippen molar-refractivity contribution in [2.45, 2.75) is 43.6 Å². The van der Waals surface area contributed by atoms with Crippen LogP contribution >= 0.6 is 0 Å². The molecule has 1 N–H and O–H groups in total. The normalized spacial score (nSPS) is 22.4. The van der Waals surface area contributed by atoms with Crippen LogP contribution in [0, 0.1) is 5.82 Å². The number of nitrogens with zero attached hydrogens (tertiary/aromatic N) is 6. The number of anilines is 1. The second kappa shape index (κ2) is 7.53. The summed E-state index contributed by atoms with van der Waals surface area (Å²) in [6.07, 6.45) is 2.18. The van der Waals surface area contributed by atoms with E-state index in [1.54, 1.807) is 4.90 Å².